The van der Waals surface area contributed by atoms with Gasteiger partial charge < -0.3 is 10.1 Å². The lowest BCUT2D eigenvalue weighted by Crippen LogP contribution is -2.45. The molecule has 0 saturated carbocycles. The van der Waals surface area contributed by atoms with Gasteiger partial charge in [-0.15, -0.1) is 0 Å². The van der Waals surface area contributed by atoms with Crippen LogP contribution >= 0.6 is 15.9 Å². The average molecular weight is 306 g/mol. The van der Waals surface area contributed by atoms with Crippen molar-refractivity contribution in [1.29, 1.82) is 0 Å². The quantitative estimate of drug-likeness (QED) is 0.764. The predicted octanol–water partition coefficient (Wildman–Crippen LogP) is 2.25. The van der Waals surface area contributed by atoms with Crippen LogP contribution in [-0.4, -0.2) is 36.2 Å². The molecule has 16 heavy (non-hydrogen) atoms. The second-order valence-electron chi connectivity index (χ2n) is 3.98. The Bertz CT molecular complexity index is 231. The number of alkyl halides is 4. The maximum absolute atomic E-state index is 11.7. The van der Waals surface area contributed by atoms with E-state index in [0.29, 0.717) is 11.8 Å². The maximum atomic E-state index is 11.7. The molecule has 0 aliphatic carbocycles. The van der Waals surface area contributed by atoms with Gasteiger partial charge in [0.25, 0.3) is 0 Å². The molecule has 0 bridgehead atoms. The highest BCUT2D eigenvalue weighted by Crippen LogP contribution is 2.14. The van der Waals surface area contributed by atoms with Crippen molar-refractivity contribution in [3.05, 3.63) is 0 Å². The zero-order valence-electron chi connectivity index (χ0n) is 9.16. The largest absolute Gasteiger partial charge is 0.411 e. The molecule has 1 amide bonds. The van der Waals surface area contributed by atoms with Crippen LogP contribution < -0.4 is 5.32 Å². The summed E-state index contributed by atoms with van der Waals surface area (Å²) in [6.45, 7) is 1.59. The van der Waals surface area contributed by atoms with Crippen molar-refractivity contribution in [3.63, 3.8) is 0 Å². The minimum atomic E-state index is -4.40. The number of amides is 1. The van der Waals surface area contributed by atoms with Crippen molar-refractivity contribution >= 4 is 21.8 Å². The summed E-state index contributed by atoms with van der Waals surface area (Å²) in [5.74, 6) is -0.546. The Morgan fingerprint density at radius 3 is 2.38 bits per heavy atom. The van der Waals surface area contributed by atoms with E-state index >= 15 is 0 Å². The lowest BCUT2D eigenvalue weighted by Gasteiger charge is -2.25. The van der Waals surface area contributed by atoms with Crippen LogP contribution in [0.3, 0.4) is 0 Å². The van der Waals surface area contributed by atoms with E-state index in [-0.39, 0.29) is 0 Å². The molecule has 0 radical (unpaired) electrons. The van der Waals surface area contributed by atoms with Crippen LogP contribution in [0.4, 0.5) is 13.2 Å². The molecule has 0 unspecified atom stereocenters. The minimum absolute atomic E-state index is 0.456. The van der Waals surface area contributed by atoms with Crippen LogP contribution in [-0.2, 0) is 9.53 Å². The molecule has 3 nitrogen and oxygen atoms in total. The standard InChI is InChI=1S/C9H15BrF3NO2/c1-8(2,3-4-10)14-7(15)5-16-6-9(11,12)13/h3-6H2,1-2H3,(H,14,15). The van der Waals surface area contributed by atoms with E-state index in [1.807, 2.05) is 0 Å². The monoisotopic (exact) mass is 305 g/mol. The summed E-state index contributed by atoms with van der Waals surface area (Å²) in [6.07, 6.45) is -3.72. The molecule has 7 heteroatoms. The number of nitrogens with one attached hydrogen (secondary N) is 1. The molecule has 96 valence electrons. The topological polar surface area (TPSA) is 38.3 Å². The van der Waals surface area contributed by atoms with Crippen molar-refractivity contribution in [2.45, 2.75) is 32.0 Å². The third-order valence-corrected chi connectivity index (χ3v) is 2.09. The van der Waals surface area contributed by atoms with Crippen LogP contribution in [0.5, 0.6) is 0 Å². The smallest absolute Gasteiger partial charge is 0.362 e. The van der Waals surface area contributed by atoms with Crippen molar-refractivity contribution < 1.29 is 22.7 Å². The molecule has 1 N–H and O–H groups in total. The molecule has 0 aliphatic rings. The summed E-state index contributed by atoms with van der Waals surface area (Å²) < 4.78 is 39.3. The van der Waals surface area contributed by atoms with Crippen molar-refractivity contribution in [3.8, 4) is 0 Å². The Hall–Kier alpha value is -0.300. The summed E-state index contributed by atoms with van der Waals surface area (Å²) in [5.41, 5.74) is -0.456. The summed E-state index contributed by atoms with van der Waals surface area (Å²) in [7, 11) is 0. The fraction of sp³-hybridized carbons (Fsp3) is 0.889. The molecule has 0 saturated heterocycles. The van der Waals surface area contributed by atoms with Crippen molar-refractivity contribution in [1.82, 2.24) is 5.32 Å². The van der Waals surface area contributed by atoms with Crippen LogP contribution in [0.2, 0.25) is 0 Å². The number of carbonyl (C=O) groups is 1. The van der Waals surface area contributed by atoms with Crippen LogP contribution in [0.1, 0.15) is 20.3 Å². The molecule has 0 rings (SSSR count). The molecule has 0 heterocycles. The van der Waals surface area contributed by atoms with Crippen LogP contribution in [0.15, 0.2) is 0 Å². The Balaban J connectivity index is 3.83. The van der Waals surface area contributed by atoms with Gasteiger partial charge in [-0.3, -0.25) is 4.79 Å². The van der Waals surface area contributed by atoms with Crippen molar-refractivity contribution in [2.24, 2.45) is 0 Å². The van der Waals surface area contributed by atoms with E-state index in [1.54, 1.807) is 13.8 Å². The van der Waals surface area contributed by atoms with Gasteiger partial charge in [0.1, 0.15) is 13.2 Å². The summed E-state index contributed by atoms with van der Waals surface area (Å²) in [4.78, 5) is 11.2. The predicted molar refractivity (Wildman–Crippen MR) is 57.5 cm³/mol. The number of halogens is 4. The molecular formula is C9H15BrF3NO2. The van der Waals surface area contributed by atoms with Crippen molar-refractivity contribution in [2.75, 3.05) is 18.5 Å². The zero-order valence-corrected chi connectivity index (χ0v) is 10.7. The molecule has 0 aliphatic heterocycles. The van der Waals surface area contributed by atoms with E-state index in [2.05, 4.69) is 26.0 Å². The highest BCUT2D eigenvalue weighted by atomic mass is 79.9. The Labute approximate surface area is 101 Å². The van der Waals surface area contributed by atoms with E-state index < -0.39 is 30.8 Å². The van der Waals surface area contributed by atoms with Gasteiger partial charge in [0, 0.05) is 10.9 Å². The number of carbonyl (C=O) groups excluding carboxylic acids is 1. The first kappa shape index (κ1) is 15.7. The summed E-state index contributed by atoms with van der Waals surface area (Å²) >= 11 is 3.22. The Kier molecular flexibility index (Phi) is 6.32. The number of hydrogen-bond donors (Lipinski definition) is 1. The SMILES string of the molecule is CC(C)(CCBr)NC(=O)COCC(F)(F)F. The lowest BCUT2D eigenvalue weighted by atomic mass is 10.0. The van der Waals surface area contributed by atoms with Gasteiger partial charge in [0.15, 0.2) is 0 Å². The first-order valence-corrected chi connectivity index (χ1v) is 5.80. The molecular weight excluding hydrogens is 291 g/mol. The molecule has 0 aromatic rings. The second kappa shape index (κ2) is 6.44. The third-order valence-electron chi connectivity index (χ3n) is 1.70. The van der Waals surface area contributed by atoms with Gasteiger partial charge in [-0.2, -0.15) is 13.2 Å². The third kappa shape index (κ3) is 8.96. The second-order valence-corrected chi connectivity index (χ2v) is 4.77. The van der Waals surface area contributed by atoms with Crippen LogP contribution in [0, 0.1) is 0 Å². The first-order valence-electron chi connectivity index (χ1n) is 4.68. The lowest BCUT2D eigenvalue weighted by molar-refractivity contribution is -0.175. The van der Waals surface area contributed by atoms with E-state index in [4.69, 9.17) is 0 Å². The van der Waals surface area contributed by atoms with E-state index in [1.165, 1.54) is 0 Å². The van der Waals surface area contributed by atoms with Gasteiger partial charge in [-0.05, 0) is 20.3 Å². The Morgan fingerprint density at radius 1 is 1.38 bits per heavy atom. The number of rotatable bonds is 6. The summed E-state index contributed by atoms with van der Waals surface area (Å²) in [5, 5.41) is 3.28. The normalized spacial score (nSPS) is 12.6. The fourth-order valence-corrected chi connectivity index (χ4v) is 1.96. The number of ether oxygens (including phenoxy) is 1. The van der Waals surface area contributed by atoms with Gasteiger partial charge in [0.2, 0.25) is 5.91 Å². The molecule has 0 aromatic heterocycles. The molecule has 0 fully saturated rings. The average Bonchev–Trinajstić information content (AvgIpc) is 1.99. The molecule has 0 aromatic carbocycles. The first-order chi connectivity index (χ1) is 7.16. The maximum Gasteiger partial charge on any atom is 0.411 e. The van der Waals surface area contributed by atoms with Gasteiger partial charge >= 0.3 is 6.18 Å². The Morgan fingerprint density at radius 2 is 1.94 bits per heavy atom. The van der Waals surface area contributed by atoms with E-state index in [9.17, 15) is 18.0 Å². The van der Waals surface area contributed by atoms with Gasteiger partial charge in [-0.1, -0.05) is 15.9 Å². The zero-order chi connectivity index (χ0) is 12.8. The highest BCUT2D eigenvalue weighted by molar-refractivity contribution is 9.09. The van der Waals surface area contributed by atoms with Crippen LogP contribution in [0.25, 0.3) is 0 Å². The minimum Gasteiger partial charge on any atom is -0.362 e. The van der Waals surface area contributed by atoms with Gasteiger partial charge in [0.05, 0.1) is 0 Å². The highest BCUT2D eigenvalue weighted by Gasteiger charge is 2.28. The fourth-order valence-electron chi connectivity index (χ4n) is 0.972. The molecule has 0 spiro atoms. The number of hydrogen-bond acceptors (Lipinski definition) is 2. The van der Waals surface area contributed by atoms with Gasteiger partial charge in [-0.25, -0.2) is 0 Å². The summed E-state index contributed by atoms with van der Waals surface area (Å²) in [6, 6.07) is 0. The molecule has 0 atom stereocenters. The van der Waals surface area contributed by atoms with E-state index in [0.717, 1.165) is 0 Å².